The van der Waals surface area contributed by atoms with Crippen molar-refractivity contribution in [1.82, 2.24) is 10.2 Å². The van der Waals surface area contributed by atoms with Crippen LogP contribution in [0.25, 0.3) is 0 Å². The second kappa shape index (κ2) is 2.69. The van der Waals surface area contributed by atoms with E-state index in [-0.39, 0.29) is 5.92 Å². The van der Waals surface area contributed by atoms with Crippen LogP contribution < -0.4 is 5.32 Å². The van der Waals surface area contributed by atoms with Gasteiger partial charge in [0.05, 0.1) is 24.7 Å². The Labute approximate surface area is 77.2 Å². The molecule has 4 nitrogen and oxygen atoms in total. The van der Waals surface area contributed by atoms with Crippen molar-refractivity contribution in [3.8, 4) is 0 Å². The Morgan fingerprint density at radius 2 is 2.31 bits per heavy atom. The van der Waals surface area contributed by atoms with Crippen molar-refractivity contribution < 1.29 is 9.53 Å². The molecule has 3 aliphatic rings. The highest BCUT2D eigenvalue weighted by molar-refractivity contribution is 5.81. The number of morpholine rings is 1. The van der Waals surface area contributed by atoms with E-state index in [0.29, 0.717) is 18.1 Å². The minimum absolute atomic E-state index is 0.249. The first-order valence-corrected chi connectivity index (χ1v) is 4.97. The molecule has 0 aliphatic carbocycles. The number of rotatable bonds is 1. The molecule has 0 aromatic rings. The SMILES string of the molecule is O=C(C1CNC1)N1C[C@H]2C[C@H]1CO2. The summed E-state index contributed by atoms with van der Waals surface area (Å²) >= 11 is 0. The van der Waals surface area contributed by atoms with Gasteiger partial charge in [0.2, 0.25) is 5.91 Å². The predicted molar refractivity (Wildman–Crippen MR) is 46.2 cm³/mol. The number of carbonyl (C=O) groups is 1. The van der Waals surface area contributed by atoms with Gasteiger partial charge in [0, 0.05) is 19.6 Å². The highest BCUT2D eigenvalue weighted by atomic mass is 16.5. The molecule has 2 bridgehead atoms. The van der Waals surface area contributed by atoms with Gasteiger partial charge in [-0.1, -0.05) is 0 Å². The minimum Gasteiger partial charge on any atom is -0.374 e. The van der Waals surface area contributed by atoms with Gasteiger partial charge in [-0.3, -0.25) is 4.79 Å². The molecule has 3 aliphatic heterocycles. The topological polar surface area (TPSA) is 41.6 Å². The Bertz CT molecular complexity index is 240. The average Bonchev–Trinajstić information content (AvgIpc) is 2.59. The molecule has 2 atom stereocenters. The van der Waals surface area contributed by atoms with Gasteiger partial charge in [-0.05, 0) is 6.42 Å². The van der Waals surface area contributed by atoms with Gasteiger partial charge in [-0.25, -0.2) is 0 Å². The third-order valence-corrected chi connectivity index (χ3v) is 3.31. The molecule has 13 heavy (non-hydrogen) atoms. The van der Waals surface area contributed by atoms with Crippen LogP contribution in [-0.2, 0) is 9.53 Å². The molecule has 0 aromatic heterocycles. The monoisotopic (exact) mass is 182 g/mol. The molecular formula is C9H14N2O2. The average molecular weight is 182 g/mol. The van der Waals surface area contributed by atoms with Gasteiger partial charge in [-0.15, -0.1) is 0 Å². The molecule has 1 amide bonds. The summed E-state index contributed by atoms with van der Waals surface area (Å²) in [6.45, 7) is 3.33. The van der Waals surface area contributed by atoms with Crippen LogP contribution in [0.1, 0.15) is 6.42 Å². The lowest BCUT2D eigenvalue weighted by molar-refractivity contribution is -0.141. The number of nitrogens with zero attached hydrogens (tertiary/aromatic N) is 1. The molecule has 3 rings (SSSR count). The summed E-state index contributed by atoms with van der Waals surface area (Å²) in [5.74, 6) is 0.592. The lowest BCUT2D eigenvalue weighted by Gasteiger charge is -2.34. The highest BCUT2D eigenvalue weighted by Gasteiger charge is 2.43. The number of amides is 1. The van der Waals surface area contributed by atoms with Gasteiger partial charge in [0.1, 0.15) is 0 Å². The molecule has 0 unspecified atom stereocenters. The van der Waals surface area contributed by atoms with Crippen LogP contribution in [0.4, 0.5) is 0 Å². The maximum absolute atomic E-state index is 11.8. The largest absolute Gasteiger partial charge is 0.374 e. The lowest BCUT2D eigenvalue weighted by atomic mass is 10.0. The second-order valence-corrected chi connectivity index (χ2v) is 4.19. The third-order valence-electron chi connectivity index (χ3n) is 3.31. The van der Waals surface area contributed by atoms with E-state index in [9.17, 15) is 4.79 Å². The number of hydrogen-bond acceptors (Lipinski definition) is 3. The molecule has 0 saturated carbocycles. The van der Waals surface area contributed by atoms with Gasteiger partial charge in [0.25, 0.3) is 0 Å². The molecule has 0 spiro atoms. The van der Waals surface area contributed by atoms with E-state index in [1.807, 2.05) is 4.90 Å². The zero-order valence-corrected chi connectivity index (χ0v) is 7.53. The third kappa shape index (κ3) is 1.09. The molecule has 3 heterocycles. The molecule has 4 heteroatoms. The summed E-state index contributed by atoms with van der Waals surface area (Å²) in [6.07, 6.45) is 1.40. The van der Waals surface area contributed by atoms with E-state index >= 15 is 0 Å². The van der Waals surface area contributed by atoms with Crippen LogP contribution in [0.2, 0.25) is 0 Å². The van der Waals surface area contributed by atoms with Crippen molar-refractivity contribution in [1.29, 1.82) is 0 Å². The molecule has 1 N–H and O–H groups in total. The molecule has 3 fully saturated rings. The van der Waals surface area contributed by atoms with Crippen molar-refractivity contribution in [2.24, 2.45) is 5.92 Å². The van der Waals surface area contributed by atoms with E-state index in [0.717, 1.165) is 32.7 Å². The number of carbonyl (C=O) groups excluding carboxylic acids is 1. The van der Waals surface area contributed by atoms with Crippen LogP contribution in [0.15, 0.2) is 0 Å². The van der Waals surface area contributed by atoms with Crippen molar-refractivity contribution in [3.63, 3.8) is 0 Å². The van der Waals surface area contributed by atoms with Crippen molar-refractivity contribution >= 4 is 5.91 Å². The normalized spacial score (nSPS) is 38.0. The molecule has 0 aromatic carbocycles. The van der Waals surface area contributed by atoms with Gasteiger partial charge >= 0.3 is 0 Å². The van der Waals surface area contributed by atoms with Gasteiger partial charge in [0.15, 0.2) is 0 Å². The fourth-order valence-corrected chi connectivity index (χ4v) is 2.37. The number of nitrogens with one attached hydrogen (secondary N) is 1. The molecule has 72 valence electrons. The lowest BCUT2D eigenvalue weighted by Crippen LogP contribution is -2.54. The van der Waals surface area contributed by atoms with E-state index in [1.165, 1.54) is 0 Å². The number of likely N-dealkylation sites (tertiary alicyclic amines) is 1. The smallest absolute Gasteiger partial charge is 0.228 e. The van der Waals surface area contributed by atoms with Crippen LogP contribution in [0, 0.1) is 5.92 Å². The van der Waals surface area contributed by atoms with Crippen LogP contribution in [0.5, 0.6) is 0 Å². The highest BCUT2D eigenvalue weighted by Crippen LogP contribution is 2.29. The first-order chi connectivity index (χ1) is 6.34. The quantitative estimate of drug-likeness (QED) is 0.577. The predicted octanol–water partition coefficient (Wildman–Crippen LogP) is -0.794. The maximum atomic E-state index is 11.8. The van der Waals surface area contributed by atoms with E-state index < -0.39 is 0 Å². The van der Waals surface area contributed by atoms with Crippen molar-refractivity contribution in [3.05, 3.63) is 0 Å². The zero-order chi connectivity index (χ0) is 8.84. The van der Waals surface area contributed by atoms with Gasteiger partial charge in [-0.2, -0.15) is 0 Å². The Hall–Kier alpha value is -0.610. The van der Waals surface area contributed by atoms with Crippen molar-refractivity contribution in [2.45, 2.75) is 18.6 Å². The summed E-state index contributed by atoms with van der Waals surface area (Å²) in [5, 5.41) is 3.13. The first kappa shape index (κ1) is 7.76. The Morgan fingerprint density at radius 1 is 1.46 bits per heavy atom. The molecular weight excluding hydrogens is 168 g/mol. The number of fused-ring (bicyclic) bond motifs is 2. The molecule has 3 saturated heterocycles. The van der Waals surface area contributed by atoms with Crippen LogP contribution >= 0.6 is 0 Å². The summed E-state index contributed by atoms with van der Waals surface area (Å²) in [6, 6.07) is 0.387. The molecule has 0 radical (unpaired) electrons. The van der Waals surface area contributed by atoms with E-state index in [1.54, 1.807) is 0 Å². The summed E-state index contributed by atoms with van der Waals surface area (Å²) in [4.78, 5) is 13.9. The number of ether oxygens (including phenoxy) is 1. The Morgan fingerprint density at radius 3 is 2.77 bits per heavy atom. The summed E-state index contributed by atoms with van der Waals surface area (Å²) in [5.41, 5.74) is 0. The summed E-state index contributed by atoms with van der Waals surface area (Å²) in [7, 11) is 0. The second-order valence-electron chi connectivity index (χ2n) is 4.19. The fourth-order valence-electron chi connectivity index (χ4n) is 2.37. The van der Waals surface area contributed by atoms with Crippen LogP contribution in [0.3, 0.4) is 0 Å². The van der Waals surface area contributed by atoms with Crippen LogP contribution in [-0.4, -0.2) is 49.2 Å². The minimum atomic E-state index is 0.249. The summed E-state index contributed by atoms with van der Waals surface area (Å²) < 4.78 is 5.45. The fraction of sp³-hybridized carbons (Fsp3) is 0.889. The maximum Gasteiger partial charge on any atom is 0.228 e. The standard InChI is InChI=1S/C9H14N2O2/c12-9(6-2-10-3-6)11-4-8-1-7(11)5-13-8/h6-8,10H,1-5H2/t7-,8+/m0/s1. The first-order valence-electron chi connectivity index (χ1n) is 4.97. The zero-order valence-electron chi connectivity index (χ0n) is 7.53. The Balaban J connectivity index is 1.68. The van der Waals surface area contributed by atoms with E-state index in [2.05, 4.69) is 5.32 Å². The Kier molecular flexibility index (Phi) is 1.60. The van der Waals surface area contributed by atoms with Gasteiger partial charge < -0.3 is 15.0 Å². The van der Waals surface area contributed by atoms with Crippen molar-refractivity contribution in [2.75, 3.05) is 26.2 Å². The van der Waals surface area contributed by atoms with E-state index in [4.69, 9.17) is 4.74 Å². The number of hydrogen-bond donors (Lipinski definition) is 1.